The van der Waals surface area contributed by atoms with E-state index in [0.29, 0.717) is 18.8 Å². The standard InChI is InChI=1S/C20H20F3N3O/c21-20(22,23)15-5-7-16(8-6-15)26-12-13(11-25-19(27)14-3-4-14)10-17-18(26)2-1-9-24-17/h1-2,5-9,13-14H,3-4,10-12H2,(H,25,27). The van der Waals surface area contributed by atoms with E-state index in [1.165, 1.54) is 12.1 Å². The zero-order valence-electron chi connectivity index (χ0n) is 14.7. The van der Waals surface area contributed by atoms with Crippen molar-refractivity contribution in [2.24, 2.45) is 11.8 Å². The highest BCUT2D eigenvalue weighted by molar-refractivity contribution is 5.80. The summed E-state index contributed by atoms with van der Waals surface area (Å²) in [5.74, 6) is 0.408. The van der Waals surface area contributed by atoms with Gasteiger partial charge in [0.25, 0.3) is 0 Å². The van der Waals surface area contributed by atoms with Crippen LogP contribution in [0.3, 0.4) is 0 Å². The topological polar surface area (TPSA) is 45.2 Å². The van der Waals surface area contributed by atoms with Crippen LogP contribution in [0.2, 0.25) is 0 Å². The summed E-state index contributed by atoms with van der Waals surface area (Å²) in [7, 11) is 0. The molecule has 1 aromatic heterocycles. The van der Waals surface area contributed by atoms with Gasteiger partial charge in [-0.3, -0.25) is 9.78 Å². The number of aromatic nitrogens is 1. The van der Waals surface area contributed by atoms with E-state index in [0.717, 1.165) is 42.8 Å². The van der Waals surface area contributed by atoms with E-state index in [1.807, 2.05) is 17.0 Å². The third-order valence-electron chi connectivity index (χ3n) is 5.10. The third-order valence-corrected chi connectivity index (χ3v) is 5.10. The molecule has 1 amide bonds. The van der Waals surface area contributed by atoms with E-state index in [9.17, 15) is 18.0 Å². The second-order valence-corrected chi connectivity index (χ2v) is 7.21. The van der Waals surface area contributed by atoms with Crippen LogP contribution >= 0.6 is 0 Å². The predicted octanol–water partition coefficient (Wildman–Crippen LogP) is 3.94. The van der Waals surface area contributed by atoms with E-state index in [2.05, 4.69) is 10.3 Å². The van der Waals surface area contributed by atoms with Crippen molar-refractivity contribution < 1.29 is 18.0 Å². The van der Waals surface area contributed by atoms with E-state index in [-0.39, 0.29) is 17.7 Å². The number of amides is 1. The minimum Gasteiger partial charge on any atom is -0.356 e. The first-order valence-electron chi connectivity index (χ1n) is 9.08. The molecule has 1 aromatic carbocycles. The minimum atomic E-state index is -4.35. The number of nitrogens with zero attached hydrogens (tertiary/aromatic N) is 2. The normalized spacial score (nSPS) is 19.5. The number of hydrogen-bond donors (Lipinski definition) is 1. The number of rotatable bonds is 4. The van der Waals surface area contributed by atoms with Gasteiger partial charge in [-0.05, 0) is 61.6 Å². The molecule has 1 N–H and O–H groups in total. The Kier molecular flexibility index (Phi) is 4.53. The Morgan fingerprint density at radius 2 is 1.93 bits per heavy atom. The Labute approximate surface area is 155 Å². The number of benzene rings is 1. The maximum absolute atomic E-state index is 12.8. The van der Waals surface area contributed by atoms with E-state index >= 15 is 0 Å². The highest BCUT2D eigenvalue weighted by atomic mass is 19.4. The largest absolute Gasteiger partial charge is 0.416 e. The summed E-state index contributed by atoms with van der Waals surface area (Å²) in [4.78, 5) is 18.4. The lowest BCUT2D eigenvalue weighted by atomic mass is 9.95. The van der Waals surface area contributed by atoms with Gasteiger partial charge in [0.2, 0.25) is 5.91 Å². The molecule has 4 nitrogen and oxygen atoms in total. The molecule has 2 aromatic rings. The second-order valence-electron chi connectivity index (χ2n) is 7.21. The van der Waals surface area contributed by atoms with Gasteiger partial charge in [-0.1, -0.05) is 0 Å². The molecule has 27 heavy (non-hydrogen) atoms. The van der Waals surface area contributed by atoms with Crippen LogP contribution in [0, 0.1) is 11.8 Å². The van der Waals surface area contributed by atoms with Crippen molar-refractivity contribution in [3.63, 3.8) is 0 Å². The van der Waals surface area contributed by atoms with Gasteiger partial charge in [0.1, 0.15) is 0 Å². The highest BCUT2D eigenvalue weighted by Gasteiger charge is 2.33. The molecule has 2 heterocycles. The Bertz CT molecular complexity index is 831. The molecule has 1 saturated carbocycles. The first kappa shape index (κ1) is 17.8. The molecule has 1 aliphatic heterocycles. The van der Waals surface area contributed by atoms with Crippen molar-refractivity contribution in [1.29, 1.82) is 0 Å². The summed E-state index contributed by atoms with van der Waals surface area (Å²) in [6.45, 7) is 1.16. The van der Waals surface area contributed by atoms with Crippen LogP contribution in [0.25, 0.3) is 0 Å². The zero-order chi connectivity index (χ0) is 19.0. The average molecular weight is 375 g/mol. The van der Waals surface area contributed by atoms with Crippen molar-refractivity contribution in [2.45, 2.75) is 25.4 Å². The maximum Gasteiger partial charge on any atom is 0.416 e. The lowest BCUT2D eigenvalue weighted by molar-refractivity contribution is -0.137. The molecule has 1 atom stereocenters. The summed E-state index contributed by atoms with van der Waals surface area (Å²) in [6.07, 6.45) is 0.0137. The fraction of sp³-hybridized carbons (Fsp3) is 0.400. The van der Waals surface area contributed by atoms with Gasteiger partial charge in [0, 0.05) is 30.9 Å². The molecular weight excluding hydrogens is 355 g/mol. The van der Waals surface area contributed by atoms with Crippen LogP contribution < -0.4 is 10.2 Å². The molecular formula is C20H20F3N3O. The summed E-state index contributed by atoms with van der Waals surface area (Å²) >= 11 is 0. The molecule has 1 aliphatic carbocycles. The number of halogens is 3. The van der Waals surface area contributed by atoms with Crippen LogP contribution in [0.1, 0.15) is 24.1 Å². The maximum atomic E-state index is 12.8. The van der Waals surface area contributed by atoms with Crippen molar-refractivity contribution >= 4 is 17.3 Å². The van der Waals surface area contributed by atoms with Crippen molar-refractivity contribution in [2.75, 3.05) is 18.0 Å². The smallest absolute Gasteiger partial charge is 0.356 e. The quantitative estimate of drug-likeness (QED) is 0.881. The van der Waals surface area contributed by atoms with Gasteiger partial charge >= 0.3 is 6.18 Å². The van der Waals surface area contributed by atoms with Crippen molar-refractivity contribution in [1.82, 2.24) is 10.3 Å². The van der Waals surface area contributed by atoms with Gasteiger partial charge in [-0.2, -0.15) is 13.2 Å². The molecule has 0 spiro atoms. The molecule has 1 unspecified atom stereocenters. The fourth-order valence-corrected chi connectivity index (χ4v) is 3.47. The van der Waals surface area contributed by atoms with Gasteiger partial charge in [0.15, 0.2) is 0 Å². The van der Waals surface area contributed by atoms with Crippen LogP contribution in [-0.4, -0.2) is 24.0 Å². The monoisotopic (exact) mass is 375 g/mol. The third kappa shape index (κ3) is 3.91. The minimum absolute atomic E-state index is 0.0999. The molecule has 0 bridgehead atoms. The van der Waals surface area contributed by atoms with Crippen LogP contribution in [0.15, 0.2) is 42.6 Å². The number of fused-ring (bicyclic) bond motifs is 1. The Balaban J connectivity index is 1.55. The van der Waals surface area contributed by atoms with E-state index in [1.54, 1.807) is 6.20 Å². The molecule has 1 fully saturated rings. The Hall–Kier alpha value is -2.57. The lowest BCUT2D eigenvalue weighted by Crippen LogP contribution is -2.40. The summed E-state index contributed by atoms with van der Waals surface area (Å²) in [5.41, 5.74) is 1.83. The Morgan fingerprint density at radius 1 is 1.19 bits per heavy atom. The number of pyridine rings is 1. The first-order chi connectivity index (χ1) is 12.9. The van der Waals surface area contributed by atoms with Gasteiger partial charge in [0.05, 0.1) is 16.9 Å². The molecule has 0 radical (unpaired) electrons. The summed E-state index contributed by atoms with van der Waals surface area (Å²) in [5, 5.41) is 3.00. The van der Waals surface area contributed by atoms with Gasteiger partial charge in [-0.25, -0.2) is 0 Å². The number of carbonyl (C=O) groups excluding carboxylic acids is 1. The highest BCUT2D eigenvalue weighted by Crippen LogP contribution is 2.36. The summed E-state index contributed by atoms with van der Waals surface area (Å²) < 4.78 is 38.5. The summed E-state index contributed by atoms with van der Waals surface area (Å²) in [6, 6.07) is 8.94. The number of carbonyl (C=O) groups is 1. The molecule has 2 aliphatic rings. The number of anilines is 2. The molecule has 142 valence electrons. The lowest BCUT2D eigenvalue weighted by Gasteiger charge is -2.35. The first-order valence-corrected chi connectivity index (χ1v) is 9.08. The van der Waals surface area contributed by atoms with Crippen LogP contribution in [0.5, 0.6) is 0 Å². The SMILES string of the molecule is O=C(NCC1Cc2ncccc2N(c2ccc(C(F)(F)F)cc2)C1)C1CC1. The molecule has 0 saturated heterocycles. The predicted molar refractivity (Wildman–Crippen MR) is 95.6 cm³/mol. The second kappa shape index (κ2) is 6.87. The number of hydrogen-bond acceptors (Lipinski definition) is 3. The van der Waals surface area contributed by atoms with E-state index < -0.39 is 11.7 Å². The van der Waals surface area contributed by atoms with Gasteiger partial charge in [-0.15, -0.1) is 0 Å². The van der Waals surface area contributed by atoms with Crippen LogP contribution in [0.4, 0.5) is 24.5 Å². The van der Waals surface area contributed by atoms with E-state index in [4.69, 9.17) is 0 Å². The Morgan fingerprint density at radius 3 is 2.59 bits per heavy atom. The zero-order valence-corrected chi connectivity index (χ0v) is 14.7. The molecule has 4 rings (SSSR count). The number of nitrogens with one attached hydrogen (secondary N) is 1. The van der Waals surface area contributed by atoms with Crippen LogP contribution in [-0.2, 0) is 17.4 Å². The number of alkyl halides is 3. The fourth-order valence-electron chi connectivity index (χ4n) is 3.47. The average Bonchev–Trinajstić information content (AvgIpc) is 3.50. The van der Waals surface area contributed by atoms with Crippen molar-refractivity contribution in [3.05, 3.63) is 53.9 Å². The van der Waals surface area contributed by atoms with Crippen molar-refractivity contribution in [3.8, 4) is 0 Å². The van der Waals surface area contributed by atoms with Gasteiger partial charge < -0.3 is 10.2 Å². The molecule has 7 heteroatoms.